The molecule has 0 aromatic heterocycles. The number of nitrogens with zero attached hydrogens (tertiary/aromatic N) is 1. The molecule has 3 rings (SSSR count). The topological polar surface area (TPSA) is 84.8 Å². The Morgan fingerprint density at radius 2 is 1.92 bits per heavy atom. The third-order valence-electron chi connectivity index (χ3n) is 4.04. The van der Waals surface area contributed by atoms with Gasteiger partial charge in [-0.25, -0.2) is 13.8 Å². The zero-order valence-corrected chi connectivity index (χ0v) is 15.0. The molecule has 1 aliphatic heterocycles. The fourth-order valence-electron chi connectivity index (χ4n) is 2.80. The molecule has 0 unspecified atom stereocenters. The molecule has 26 heavy (non-hydrogen) atoms. The SMILES string of the molecule is O=C(C[C@H]1CCS(=O)(=O)C1)N/N=C\c1cccc(Oc2ccccc2)c1. The van der Waals surface area contributed by atoms with Gasteiger partial charge in [-0.1, -0.05) is 30.3 Å². The summed E-state index contributed by atoms with van der Waals surface area (Å²) in [7, 11) is -2.97. The molecule has 0 saturated carbocycles. The molecule has 1 aliphatic rings. The summed E-state index contributed by atoms with van der Waals surface area (Å²) in [6.45, 7) is 0. The highest BCUT2D eigenvalue weighted by Gasteiger charge is 2.29. The van der Waals surface area contributed by atoms with Crippen LogP contribution in [0.25, 0.3) is 0 Å². The van der Waals surface area contributed by atoms with Crippen LogP contribution in [-0.2, 0) is 14.6 Å². The number of amides is 1. The van der Waals surface area contributed by atoms with Crippen molar-refractivity contribution in [1.29, 1.82) is 0 Å². The van der Waals surface area contributed by atoms with E-state index in [1.807, 2.05) is 54.6 Å². The van der Waals surface area contributed by atoms with Gasteiger partial charge in [0, 0.05) is 6.42 Å². The number of nitrogens with one attached hydrogen (secondary N) is 1. The maximum atomic E-state index is 11.9. The van der Waals surface area contributed by atoms with Crippen molar-refractivity contribution < 1.29 is 17.9 Å². The van der Waals surface area contributed by atoms with E-state index in [9.17, 15) is 13.2 Å². The second-order valence-electron chi connectivity index (χ2n) is 6.25. The minimum atomic E-state index is -2.97. The molecule has 1 heterocycles. The molecule has 6 nitrogen and oxygen atoms in total. The Hall–Kier alpha value is -2.67. The van der Waals surface area contributed by atoms with Gasteiger partial charge in [0.05, 0.1) is 17.7 Å². The number of sulfone groups is 1. The normalized spacial score (nSPS) is 18.7. The number of rotatable bonds is 6. The van der Waals surface area contributed by atoms with Gasteiger partial charge < -0.3 is 4.74 Å². The van der Waals surface area contributed by atoms with Crippen LogP contribution in [0.3, 0.4) is 0 Å². The van der Waals surface area contributed by atoms with Gasteiger partial charge in [-0.2, -0.15) is 5.10 Å². The Labute approximate surface area is 152 Å². The van der Waals surface area contributed by atoms with Crippen molar-refractivity contribution in [3.05, 3.63) is 60.2 Å². The van der Waals surface area contributed by atoms with Crippen molar-refractivity contribution in [1.82, 2.24) is 5.43 Å². The van der Waals surface area contributed by atoms with Crippen LogP contribution in [0, 0.1) is 5.92 Å². The number of hydrazone groups is 1. The number of benzene rings is 2. The first-order valence-corrected chi connectivity index (χ1v) is 10.2. The third-order valence-corrected chi connectivity index (χ3v) is 5.88. The van der Waals surface area contributed by atoms with Gasteiger partial charge in [0.1, 0.15) is 11.5 Å². The average molecular weight is 372 g/mol. The van der Waals surface area contributed by atoms with E-state index in [2.05, 4.69) is 10.5 Å². The summed E-state index contributed by atoms with van der Waals surface area (Å²) in [5.74, 6) is 1.27. The summed E-state index contributed by atoms with van der Waals surface area (Å²) in [4.78, 5) is 11.9. The lowest BCUT2D eigenvalue weighted by atomic mass is 10.1. The molecule has 0 radical (unpaired) electrons. The number of carbonyl (C=O) groups excluding carboxylic acids is 1. The zero-order chi connectivity index (χ0) is 18.4. The molecule has 7 heteroatoms. The molecule has 0 spiro atoms. The van der Waals surface area contributed by atoms with Crippen molar-refractivity contribution in [2.24, 2.45) is 11.0 Å². The molecule has 0 aliphatic carbocycles. The molecule has 2 aromatic carbocycles. The van der Waals surface area contributed by atoms with Crippen LogP contribution < -0.4 is 10.2 Å². The van der Waals surface area contributed by atoms with Crippen molar-refractivity contribution >= 4 is 22.0 Å². The van der Waals surface area contributed by atoms with Gasteiger partial charge in [-0.3, -0.25) is 4.79 Å². The van der Waals surface area contributed by atoms with Gasteiger partial charge in [0.15, 0.2) is 9.84 Å². The van der Waals surface area contributed by atoms with E-state index in [1.54, 1.807) is 0 Å². The van der Waals surface area contributed by atoms with Crippen LogP contribution in [0.1, 0.15) is 18.4 Å². The van der Waals surface area contributed by atoms with E-state index in [1.165, 1.54) is 6.21 Å². The van der Waals surface area contributed by atoms with E-state index in [0.29, 0.717) is 12.2 Å². The van der Waals surface area contributed by atoms with Crippen molar-refractivity contribution in [3.8, 4) is 11.5 Å². The van der Waals surface area contributed by atoms with Gasteiger partial charge in [-0.05, 0) is 42.2 Å². The molecule has 1 N–H and O–H groups in total. The summed E-state index contributed by atoms with van der Waals surface area (Å²) >= 11 is 0. The first-order valence-electron chi connectivity index (χ1n) is 8.35. The lowest BCUT2D eigenvalue weighted by Gasteiger charge is -2.06. The molecule has 0 bridgehead atoms. The molecular weight excluding hydrogens is 352 g/mol. The summed E-state index contributed by atoms with van der Waals surface area (Å²) in [6, 6.07) is 16.8. The fourth-order valence-corrected chi connectivity index (χ4v) is 4.66. The highest BCUT2D eigenvalue weighted by atomic mass is 32.2. The van der Waals surface area contributed by atoms with E-state index in [4.69, 9.17) is 4.74 Å². The van der Waals surface area contributed by atoms with Gasteiger partial charge in [0.25, 0.3) is 0 Å². The van der Waals surface area contributed by atoms with Crippen LogP contribution in [0.4, 0.5) is 0 Å². The second-order valence-corrected chi connectivity index (χ2v) is 8.48. The molecule has 1 atom stereocenters. The minimum absolute atomic E-state index is 0.0863. The number of hydrogen-bond acceptors (Lipinski definition) is 5. The van der Waals surface area contributed by atoms with E-state index in [0.717, 1.165) is 11.3 Å². The second kappa shape index (κ2) is 8.14. The van der Waals surface area contributed by atoms with Crippen LogP contribution in [0.5, 0.6) is 11.5 Å². The van der Waals surface area contributed by atoms with E-state index in [-0.39, 0.29) is 29.8 Å². The van der Waals surface area contributed by atoms with Gasteiger partial charge in [0.2, 0.25) is 5.91 Å². The highest BCUT2D eigenvalue weighted by Crippen LogP contribution is 2.22. The molecule has 1 amide bonds. The lowest BCUT2D eigenvalue weighted by Crippen LogP contribution is -2.21. The Morgan fingerprint density at radius 1 is 1.15 bits per heavy atom. The Bertz CT molecular complexity index is 895. The third kappa shape index (κ3) is 5.42. The number of para-hydroxylation sites is 1. The summed E-state index contributed by atoms with van der Waals surface area (Å²) in [6.07, 6.45) is 2.24. The van der Waals surface area contributed by atoms with Crippen LogP contribution >= 0.6 is 0 Å². The number of ether oxygens (including phenoxy) is 1. The maximum absolute atomic E-state index is 11.9. The fraction of sp³-hybridized carbons (Fsp3) is 0.263. The first-order chi connectivity index (χ1) is 12.5. The summed E-state index contributed by atoms with van der Waals surface area (Å²) in [5.41, 5.74) is 3.23. The average Bonchev–Trinajstić information content (AvgIpc) is 2.94. The van der Waals surface area contributed by atoms with E-state index >= 15 is 0 Å². The monoisotopic (exact) mass is 372 g/mol. The Morgan fingerprint density at radius 3 is 2.65 bits per heavy atom. The molecular formula is C19H20N2O4S. The quantitative estimate of drug-likeness (QED) is 0.624. The summed E-state index contributed by atoms with van der Waals surface area (Å²) < 4.78 is 28.6. The van der Waals surface area contributed by atoms with Crippen molar-refractivity contribution in [2.45, 2.75) is 12.8 Å². The van der Waals surface area contributed by atoms with E-state index < -0.39 is 9.84 Å². The van der Waals surface area contributed by atoms with Crippen molar-refractivity contribution in [3.63, 3.8) is 0 Å². The standard InChI is InChI=1S/C19H20N2O4S/c22-19(12-16-9-10-26(23,24)14-16)21-20-13-15-5-4-8-18(11-15)25-17-6-2-1-3-7-17/h1-8,11,13,16H,9-10,12,14H2,(H,21,22)/b20-13-/t16-/m1/s1. The Balaban J connectivity index is 1.52. The van der Waals surface area contributed by atoms with Crippen molar-refractivity contribution in [2.75, 3.05) is 11.5 Å². The maximum Gasteiger partial charge on any atom is 0.240 e. The molecule has 1 fully saturated rings. The molecule has 2 aromatic rings. The van der Waals surface area contributed by atoms with Crippen LogP contribution in [-0.4, -0.2) is 32.0 Å². The predicted molar refractivity (Wildman–Crippen MR) is 100 cm³/mol. The van der Waals surface area contributed by atoms with Gasteiger partial charge >= 0.3 is 0 Å². The number of carbonyl (C=O) groups is 1. The minimum Gasteiger partial charge on any atom is -0.457 e. The summed E-state index contributed by atoms with van der Waals surface area (Å²) in [5, 5.41) is 3.94. The highest BCUT2D eigenvalue weighted by molar-refractivity contribution is 7.91. The molecule has 136 valence electrons. The lowest BCUT2D eigenvalue weighted by molar-refractivity contribution is -0.121. The predicted octanol–water partition coefficient (Wildman–Crippen LogP) is 2.75. The zero-order valence-electron chi connectivity index (χ0n) is 14.2. The Kier molecular flexibility index (Phi) is 5.68. The molecule has 1 saturated heterocycles. The van der Waals surface area contributed by atoms with Crippen LogP contribution in [0.15, 0.2) is 59.7 Å². The van der Waals surface area contributed by atoms with Crippen LogP contribution in [0.2, 0.25) is 0 Å². The largest absolute Gasteiger partial charge is 0.457 e. The smallest absolute Gasteiger partial charge is 0.240 e. The first kappa shape index (κ1) is 18.1. The number of hydrogen-bond donors (Lipinski definition) is 1. The van der Waals surface area contributed by atoms with Gasteiger partial charge in [-0.15, -0.1) is 0 Å².